The van der Waals surface area contributed by atoms with Crippen LogP contribution in [0.15, 0.2) is 30.5 Å². The van der Waals surface area contributed by atoms with Gasteiger partial charge in [-0.25, -0.2) is 4.68 Å². The molecule has 0 aliphatic heterocycles. The van der Waals surface area contributed by atoms with Gasteiger partial charge in [-0.1, -0.05) is 11.6 Å². The van der Waals surface area contributed by atoms with Crippen LogP contribution in [0.1, 0.15) is 11.3 Å². The maximum atomic E-state index is 8.80. The summed E-state index contributed by atoms with van der Waals surface area (Å²) in [5, 5.41) is 13.6. The zero-order valence-corrected chi connectivity index (χ0v) is 8.86. The van der Waals surface area contributed by atoms with Crippen LogP contribution in [0, 0.1) is 18.3 Å². The maximum absolute atomic E-state index is 8.80. The van der Waals surface area contributed by atoms with Gasteiger partial charge in [-0.3, -0.25) is 0 Å². The summed E-state index contributed by atoms with van der Waals surface area (Å²) in [5.41, 5.74) is 2.32. The average molecular weight is 218 g/mol. The van der Waals surface area contributed by atoms with E-state index < -0.39 is 0 Å². The molecule has 74 valence electrons. The Morgan fingerprint density at radius 2 is 2.00 bits per heavy atom. The number of rotatable bonds is 1. The summed E-state index contributed by atoms with van der Waals surface area (Å²) in [5.74, 6) is 0. The van der Waals surface area contributed by atoms with Crippen molar-refractivity contribution >= 4 is 11.6 Å². The molecular formula is C11H8ClN3. The van der Waals surface area contributed by atoms with Crippen molar-refractivity contribution in [2.75, 3.05) is 0 Å². The summed E-state index contributed by atoms with van der Waals surface area (Å²) >= 11 is 5.79. The summed E-state index contributed by atoms with van der Waals surface area (Å²) in [7, 11) is 0. The molecule has 2 rings (SSSR count). The minimum atomic E-state index is 0.588. The van der Waals surface area contributed by atoms with Gasteiger partial charge in [-0.2, -0.15) is 10.4 Å². The second-order valence-electron chi connectivity index (χ2n) is 3.14. The molecule has 1 aromatic heterocycles. The molecular weight excluding hydrogens is 210 g/mol. The minimum absolute atomic E-state index is 0.588. The molecule has 4 heteroatoms. The third-order valence-corrected chi connectivity index (χ3v) is 2.45. The number of aromatic nitrogens is 2. The van der Waals surface area contributed by atoms with Gasteiger partial charge in [-0.15, -0.1) is 0 Å². The number of nitriles is 1. The first-order valence-electron chi connectivity index (χ1n) is 4.43. The Bertz CT molecular complexity index is 520. The van der Waals surface area contributed by atoms with Crippen LogP contribution in [0.2, 0.25) is 5.02 Å². The molecule has 0 N–H and O–H groups in total. The SMILES string of the molecule is Cc1c(C#N)cnn1-c1ccc(Cl)cc1. The molecule has 0 amide bonds. The molecule has 0 radical (unpaired) electrons. The van der Waals surface area contributed by atoms with E-state index in [1.807, 2.05) is 19.1 Å². The van der Waals surface area contributed by atoms with Crippen molar-refractivity contribution in [2.45, 2.75) is 6.92 Å². The standard InChI is InChI=1S/C11H8ClN3/c1-8-9(6-13)7-14-15(8)11-4-2-10(12)3-5-11/h2-5,7H,1H3. The quantitative estimate of drug-likeness (QED) is 0.737. The lowest BCUT2D eigenvalue weighted by atomic mass is 10.2. The highest BCUT2D eigenvalue weighted by Crippen LogP contribution is 2.16. The van der Waals surface area contributed by atoms with Gasteiger partial charge in [0.15, 0.2) is 0 Å². The maximum Gasteiger partial charge on any atom is 0.103 e. The molecule has 15 heavy (non-hydrogen) atoms. The van der Waals surface area contributed by atoms with E-state index >= 15 is 0 Å². The van der Waals surface area contributed by atoms with Crippen LogP contribution in [0.3, 0.4) is 0 Å². The fraction of sp³-hybridized carbons (Fsp3) is 0.0909. The summed E-state index contributed by atoms with van der Waals surface area (Å²) < 4.78 is 1.72. The van der Waals surface area contributed by atoms with E-state index in [2.05, 4.69) is 11.2 Å². The van der Waals surface area contributed by atoms with Gasteiger partial charge in [0.25, 0.3) is 0 Å². The first-order chi connectivity index (χ1) is 7.22. The predicted molar refractivity (Wildman–Crippen MR) is 58.0 cm³/mol. The van der Waals surface area contributed by atoms with Crippen molar-refractivity contribution < 1.29 is 0 Å². The Hall–Kier alpha value is -1.79. The molecule has 0 unspecified atom stereocenters. The van der Waals surface area contributed by atoms with Crippen LogP contribution < -0.4 is 0 Å². The molecule has 0 aliphatic rings. The summed E-state index contributed by atoms with van der Waals surface area (Å²) in [6, 6.07) is 9.41. The second-order valence-corrected chi connectivity index (χ2v) is 3.58. The number of halogens is 1. The lowest BCUT2D eigenvalue weighted by Gasteiger charge is -2.03. The van der Waals surface area contributed by atoms with Crippen LogP contribution in [0.25, 0.3) is 5.69 Å². The fourth-order valence-electron chi connectivity index (χ4n) is 1.36. The molecule has 0 aliphatic carbocycles. The first kappa shape index (κ1) is 9.75. The Labute approximate surface area is 92.5 Å². The van der Waals surface area contributed by atoms with E-state index in [4.69, 9.17) is 16.9 Å². The highest BCUT2D eigenvalue weighted by molar-refractivity contribution is 6.30. The molecule has 0 spiro atoms. The summed E-state index contributed by atoms with van der Waals surface area (Å²) in [6.45, 7) is 1.86. The van der Waals surface area contributed by atoms with E-state index in [-0.39, 0.29) is 0 Å². The van der Waals surface area contributed by atoms with E-state index in [9.17, 15) is 0 Å². The van der Waals surface area contributed by atoms with Gasteiger partial charge in [-0.05, 0) is 31.2 Å². The highest BCUT2D eigenvalue weighted by atomic mass is 35.5. The van der Waals surface area contributed by atoms with Crippen molar-refractivity contribution in [3.8, 4) is 11.8 Å². The topological polar surface area (TPSA) is 41.6 Å². The van der Waals surface area contributed by atoms with Gasteiger partial charge in [0.1, 0.15) is 6.07 Å². The Morgan fingerprint density at radius 1 is 1.33 bits per heavy atom. The van der Waals surface area contributed by atoms with Crippen molar-refractivity contribution in [3.05, 3.63) is 46.7 Å². The Balaban J connectivity index is 2.51. The zero-order chi connectivity index (χ0) is 10.8. The van der Waals surface area contributed by atoms with Gasteiger partial charge in [0.2, 0.25) is 0 Å². The molecule has 3 nitrogen and oxygen atoms in total. The summed E-state index contributed by atoms with van der Waals surface area (Å²) in [6.07, 6.45) is 1.56. The molecule has 2 aromatic rings. The van der Waals surface area contributed by atoms with Crippen molar-refractivity contribution in [2.24, 2.45) is 0 Å². The Kier molecular flexibility index (Phi) is 2.44. The zero-order valence-electron chi connectivity index (χ0n) is 8.11. The van der Waals surface area contributed by atoms with Gasteiger partial charge in [0, 0.05) is 5.02 Å². The predicted octanol–water partition coefficient (Wildman–Crippen LogP) is 2.71. The van der Waals surface area contributed by atoms with E-state index in [1.54, 1.807) is 23.0 Å². The Morgan fingerprint density at radius 3 is 2.53 bits per heavy atom. The van der Waals surface area contributed by atoms with E-state index in [0.717, 1.165) is 11.4 Å². The van der Waals surface area contributed by atoms with Gasteiger partial charge < -0.3 is 0 Å². The van der Waals surface area contributed by atoms with Crippen LogP contribution in [-0.2, 0) is 0 Å². The lowest BCUT2D eigenvalue weighted by molar-refractivity contribution is 0.846. The third kappa shape index (κ3) is 1.72. The minimum Gasteiger partial charge on any atom is -0.237 e. The molecule has 1 aromatic carbocycles. The largest absolute Gasteiger partial charge is 0.237 e. The van der Waals surface area contributed by atoms with E-state index in [1.165, 1.54) is 0 Å². The molecule has 0 saturated carbocycles. The third-order valence-electron chi connectivity index (χ3n) is 2.20. The normalized spacial score (nSPS) is 9.93. The van der Waals surface area contributed by atoms with Gasteiger partial charge in [0.05, 0.1) is 23.1 Å². The van der Waals surface area contributed by atoms with Crippen LogP contribution >= 0.6 is 11.6 Å². The van der Waals surface area contributed by atoms with Gasteiger partial charge >= 0.3 is 0 Å². The van der Waals surface area contributed by atoms with Crippen molar-refractivity contribution in [1.82, 2.24) is 9.78 Å². The van der Waals surface area contributed by atoms with Crippen LogP contribution in [-0.4, -0.2) is 9.78 Å². The molecule has 0 atom stereocenters. The molecule has 1 heterocycles. The summed E-state index contributed by atoms with van der Waals surface area (Å²) in [4.78, 5) is 0. The van der Waals surface area contributed by atoms with Crippen molar-refractivity contribution in [3.63, 3.8) is 0 Å². The number of benzene rings is 1. The number of nitrogens with zero attached hydrogens (tertiary/aromatic N) is 3. The fourth-order valence-corrected chi connectivity index (χ4v) is 1.49. The van der Waals surface area contributed by atoms with Crippen LogP contribution in [0.4, 0.5) is 0 Å². The highest BCUT2D eigenvalue weighted by Gasteiger charge is 2.06. The smallest absolute Gasteiger partial charge is 0.103 e. The molecule has 0 bridgehead atoms. The molecule has 0 fully saturated rings. The van der Waals surface area contributed by atoms with E-state index in [0.29, 0.717) is 10.6 Å². The monoisotopic (exact) mass is 217 g/mol. The number of hydrogen-bond acceptors (Lipinski definition) is 2. The number of hydrogen-bond donors (Lipinski definition) is 0. The van der Waals surface area contributed by atoms with Crippen LogP contribution in [0.5, 0.6) is 0 Å². The average Bonchev–Trinajstić information content (AvgIpc) is 2.61. The second kappa shape index (κ2) is 3.76. The lowest BCUT2D eigenvalue weighted by Crippen LogP contribution is -1.98. The van der Waals surface area contributed by atoms with Crippen molar-refractivity contribution in [1.29, 1.82) is 5.26 Å². The molecule has 0 saturated heterocycles. The first-order valence-corrected chi connectivity index (χ1v) is 4.81.